The molecule has 0 spiro atoms. The topological polar surface area (TPSA) is 62.2 Å². The van der Waals surface area contributed by atoms with E-state index in [2.05, 4.69) is 29.4 Å². The first-order valence-electron chi connectivity index (χ1n) is 6.35. The highest BCUT2D eigenvalue weighted by Crippen LogP contribution is 2.18. The van der Waals surface area contributed by atoms with Gasteiger partial charge in [0.2, 0.25) is 0 Å². The predicted molar refractivity (Wildman–Crippen MR) is 71.0 cm³/mol. The van der Waals surface area contributed by atoms with Crippen LogP contribution < -0.4 is 5.32 Å². The van der Waals surface area contributed by atoms with Crippen molar-refractivity contribution in [3.8, 4) is 0 Å². The molecule has 4 heteroatoms. The van der Waals surface area contributed by atoms with Gasteiger partial charge >= 0.3 is 5.97 Å². The highest BCUT2D eigenvalue weighted by Gasteiger charge is 2.13. The number of aromatic carboxylic acids is 1. The van der Waals surface area contributed by atoms with Crippen LogP contribution in [0, 0.1) is 0 Å². The lowest BCUT2D eigenvalue weighted by atomic mass is 10.1. The van der Waals surface area contributed by atoms with Gasteiger partial charge in [0, 0.05) is 11.7 Å². The van der Waals surface area contributed by atoms with E-state index in [0.717, 1.165) is 31.4 Å². The normalized spacial score (nSPS) is 14.9. The van der Waals surface area contributed by atoms with Crippen molar-refractivity contribution in [2.45, 2.75) is 38.6 Å². The van der Waals surface area contributed by atoms with Crippen molar-refractivity contribution in [1.29, 1.82) is 0 Å². The summed E-state index contributed by atoms with van der Waals surface area (Å²) >= 11 is 0. The summed E-state index contributed by atoms with van der Waals surface area (Å²) in [7, 11) is 0. The minimum Gasteiger partial charge on any atom is -0.478 e. The Morgan fingerprint density at radius 1 is 1.44 bits per heavy atom. The van der Waals surface area contributed by atoms with Crippen LogP contribution in [0.1, 0.15) is 42.2 Å². The molecule has 0 aliphatic heterocycles. The SMILES string of the molecule is CCCc1cc(C(=O)O)cc(NC2CC=CC2)n1. The molecule has 0 atom stereocenters. The zero-order valence-corrected chi connectivity index (χ0v) is 10.5. The molecule has 0 saturated heterocycles. The maximum Gasteiger partial charge on any atom is 0.335 e. The number of carboxylic acids is 1. The van der Waals surface area contributed by atoms with Crippen molar-refractivity contribution >= 4 is 11.8 Å². The number of rotatable bonds is 5. The fourth-order valence-electron chi connectivity index (χ4n) is 2.11. The van der Waals surface area contributed by atoms with Crippen LogP contribution in [0.3, 0.4) is 0 Å². The van der Waals surface area contributed by atoms with E-state index in [-0.39, 0.29) is 0 Å². The summed E-state index contributed by atoms with van der Waals surface area (Å²) in [5, 5.41) is 12.4. The molecule has 0 aromatic carbocycles. The Labute approximate surface area is 107 Å². The molecule has 0 amide bonds. The second kappa shape index (κ2) is 5.67. The maximum absolute atomic E-state index is 11.1. The third kappa shape index (κ3) is 3.09. The van der Waals surface area contributed by atoms with Crippen LogP contribution in [0.15, 0.2) is 24.3 Å². The molecule has 0 unspecified atom stereocenters. The minimum atomic E-state index is -0.901. The maximum atomic E-state index is 11.1. The van der Waals surface area contributed by atoms with E-state index in [1.165, 1.54) is 0 Å². The predicted octanol–water partition coefficient (Wildman–Crippen LogP) is 2.86. The molecular weight excluding hydrogens is 228 g/mol. The van der Waals surface area contributed by atoms with Crippen LogP contribution in [-0.4, -0.2) is 22.1 Å². The van der Waals surface area contributed by atoms with E-state index in [9.17, 15) is 4.79 Å². The van der Waals surface area contributed by atoms with Crippen molar-refractivity contribution in [2.24, 2.45) is 0 Å². The lowest BCUT2D eigenvalue weighted by Crippen LogP contribution is -2.17. The molecule has 1 aromatic heterocycles. The zero-order chi connectivity index (χ0) is 13.0. The molecule has 2 N–H and O–H groups in total. The lowest BCUT2D eigenvalue weighted by molar-refractivity contribution is 0.0696. The van der Waals surface area contributed by atoms with Gasteiger partial charge in [0.25, 0.3) is 0 Å². The first-order valence-corrected chi connectivity index (χ1v) is 6.35. The first kappa shape index (κ1) is 12.6. The molecule has 4 nitrogen and oxygen atoms in total. The van der Waals surface area contributed by atoms with Crippen LogP contribution in [0.2, 0.25) is 0 Å². The largest absolute Gasteiger partial charge is 0.478 e. The van der Waals surface area contributed by atoms with E-state index < -0.39 is 5.97 Å². The zero-order valence-electron chi connectivity index (χ0n) is 10.5. The number of carbonyl (C=O) groups is 1. The highest BCUT2D eigenvalue weighted by atomic mass is 16.4. The summed E-state index contributed by atoms with van der Waals surface area (Å²) in [4.78, 5) is 15.5. The molecule has 0 saturated carbocycles. The van der Waals surface area contributed by atoms with E-state index in [4.69, 9.17) is 5.11 Å². The summed E-state index contributed by atoms with van der Waals surface area (Å²) in [6.07, 6.45) is 7.97. The van der Waals surface area contributed by atoms with Gasteiger partial charge in [-0.1, -0.05) is 25.5 Å². The molecule has 1 aliphatic carbocycles. The molecule has 1 heterocycles. The lowest BCUT2D eigenvalue weighted by Gasteiger charge is -2.14. The van der Waals surface area contributed by atoms with Crippen molar-refractivity contribution in [1.82, 2.24) is 4.98 Å². The number of pyridine rings is 1. The number of carboxylic acid groups (broad SMARTS) is 1. The molecule has 2 rings (SSSR count). The number of nitrogens with one attached hydrogen (secondary N) is 1. The van der Waals surface area contributed by atoms with E-state index in [1.54, 1.807) is 12.1 Å². The first-order chi connectivity index (χ1) is 8.69. The minimum absolute atomic E-state index is 0.307. The van der Waals surface area contributed by atoms with Gasteiger partial charge in [-0.05, 0) is 31.4 Å². The molecular formula is C14H18N2O2. The summed E-state index contributed by atoms with van der Waals surface area (Å²) in [5.74, 6) is -0.227. The second-order valence-electron chi connectivity index (χ2n) is 4.57. The van der Waals surface area contributed by atoms with Gasteiger partial charge in [-0.15, -0.1) is 0 Å². The fourth-order valence-corrected chi connectivity index (χ4v) is 2.11. The van der Waals surface area contributed by atoms with E-state index in [0.29, 0.717) is 17.4 Å². The highest BCUT2D eigenvalue weighted by molar-refractivity contribution is 5.88. The average Bonchev–Trinajstić information content (AvgIpc) is 2.82. The summed E-state index contributed by atoms with van der Waals surface area (Å²) in [6, 6.07) is 3.61. The Balaban J connectivity index is 2.19. The average molecular weight is 246 g/mol. The number of nitrogens with zero attached hydrogens (tertiary/aromatic N) is 1. The van der Waals surface area contributed by atoms with Crippen LogP contribution in [0.4, 0.5) is 5.82 Å². The Kier molecular flexibility index (Phi) is 3.97. The number of aromatic nitrogens is 1. The summed E-state index contributed by atoms with van der Waals surface area (Å²) in [6.45, 7) is 2.06. The van der Waals surface area contributed by atoms with Gasteiger partial charge < -0.3 is 10.4 Å². The molecule has 0 bridgehead atoms. The third-order valence-corrected chi connectivity index (χ3v) is 2.99. The van der Waals surface area contributed by atoms with Crippen LogP contribution in [0.5, 0.6) is 0 Å². The molecule has 18 heavy (non-hydrogen) atoms. The molecule has 1 aliphatic rings. The third-order valence-electron chi connectivity index (χ3n) is 2.99. The molecule has 0 fully saturated rings. The Bertz CT molecular complexity index is 461. The monoisotopic (exact) mass is 246 g/mol. The van der Waals surface area contributed by atoms with Gasteiger partial charge in [0.15, 0.2) is 0 Å². The molecule has 1 aromatic rings. The van der Waals surface area contributed by atoms with Crippen molar-refractivity contribution in [3.63, 3.8) is 0 Å². The summed E-state index contributed by atoms with van der Waals surface area (Å²) in [5.41, 5.74) is 1.15. The second-order valence-corrected chi connectivity index (χ2v) is 4.57. The number of anilines is 1. The van der Waals surface area contributed by atoms with Gasteiger partial charge in [-0.25, -0.2) is 9.78 Å². The van der Waals surface area contributed by atoms with Gasteiger partial charge in [-0.2, -0.15) is 0 Å². The van der Waals surface area contributed by atoms with Crippen LogP contribution >= 0.6 is 0 Å². The fraction of sp³-hybridized carbons (Fsp3) is 0.429. The smallest absolute Gasteiger partial charge is 0.335 e. The number of aryl methyl sites for hydroxylation is 1. The Hall–Kier alpha value is -1.84. The Morgan fingerprint density at radius 3 is 2.78 bits per heavy atom. The van der Waals surface area contributed by atoms with Crippen molar-refractivity contribution < 1.29 is 9.90 Å². The molecule has 0 radical (unpaired) electrons. The van der Waals surface area contributed by atoms with Gasteiger partial charge in [0.05, 0.1) is 5.56 Å². The number of hydrogen-bond donors (Lipinski definition) is 2. The van der Waals surface area contributed by atoms with Crippen molar-refractivity contribution in [2.75, 3.05) is 5.32 Å². The standard InChI is InChI=1S/C14H18N2O2/c1-2-5-12-8-10(14(17)18)9-13(16-12)15-11-6-3-4-7-11/h3-4,8-9,11H,2,5-7H2,1H3,(H,15,16)(H,17,18). The van der Waals surface area contributed by atoms with Crippen LogP contribution in [-0.2, 0) is 6.42 Å². The van der Waals surface area contributed by atoms with E-state index >= 15 is 0 Å². The summed E-state index contributed by atoms with van der Waals surface area (Å²) < 4.78 is 0. The van der Waals surface area contributed by atoms with Crippen molar-refractivity contribution in [3.05, 3.63) is 35.5 Å². The number of hydrogen-bond acceptors (Lipinski definition) is 3. The Morgan fingerprint density at radius 2 is 2.17 bits per heavy atom. The van der Waals surface area contributed by atoms with Crippen LogP contribution in [0.25, 0.3) is 0 Å². The van der Waals surface area contributed by atoms with Gasteiger partial charge in [-0.3, -0.25) is 0 Å². The quantitative estimate of drug-likeness (QED) is 0.784. The van der Waals surface area contributed by atoms with Gasteiger partial charge in [0.1, 0.15) is 5.82 Å². The molecule has 96 valence electrons. The van der Waals surface area contributed by atoms with E-state index in [1.807, 2.05) is 0 Å².